The van der Waals surface area contributed by atoms with Gasteiger partial charge in [0.2, 0.25) is 10.0 Å². The van der Waals surface area contributed by atoms with Crippen molar-refractivity contribution in [2.75, 3.05) is 7.05 Å². The molecule has 1 heterocycles. The number of thiazole rings is 1. The van der Waals surface area contributed by atoms with Gasteiger partial charge in [-0.2, -0.15) is 0 Å². The maximum Gasteiger partial charge on any atom is 0.266 e. The lowest BCUT2D eigenvalue weighted by molar-refractivity contribution is 0.0746. The van der Waals surface area contributed by atoms with Gasteiger partial charge in [0.15, 0.2) is 0 Å². The van der Waals surface area contributed by atoms with Crippen LogP contribution in [0.2, 0.25) is 0 Å². The number of aromatic nitrogens is 1. The third-order valence-corrected chi connectivity index (χ3v) is 6.15. The zero-order chi connectivity index (χ0) is 18.1. The van der Waals surface area contributed by atoms with Gasteiger partial charge in [-0.3, -0.25) is 4.79 Å². The van der Waals surface area contributed by atoms with Crippen molar-refractivity contribution >= 4 is 27.3 Å². The molecular weight excluding hydrogens is 346 g/mol. The summed E-state index contributed by atoms with van der Waals surface area (Å²) in [7, 11) is -1.99. The lowest BCUT2D eigenvalue weighted by atomic mass is 10.1. The molecule has 0 bridgehead atoms. The smallest absolute Gasteiger partial charge is 0.266 e. The Morgan fingerprint density at radius 2 is 1.92 bits per heavy atom. The number of nitrogens with zero attached hydrogens (tertiary/aromatic N) is 2. The van der Waals surface area contributed by atoms with Gasteiger partial charge in [0, 0.05) is 7.05 Å². The molecule has 0 saturated carbocycles. The quantitative estimate of drug-likeness (QED) is 0.878. The molecule has 0 aliphatic rings. The van der Waals surface area contributed by atoms with Crippen LogP contribution in [-0.2, 0) is 16.4 Å². The van der Waals surface area contributed by atoms with Crippen LogP contribution in [0.5, 0.6) is 0 Å². The van der Waals surface area contributed by atoms with Crippen molar-refractivity contribution < 1.29 is 13.2 Å². The van der Waals surface area contributed by atoms with Crippen molar-refractivity contribution in [1.29, 1.82) is 0 Å². The lowest BCUT2D eigenvalue weighted by Gasteiger charge is -2.25. The van der Waals surface area contributed by atoms with Crippen LogP contribution in [0.3, 0.4) is 0 Å². The van der Waals surface area contributed by atoms with Crippen molar-refractivity contribution in [3.63, 3.8) is 0 Å². The van der Waals surface area contributed by atoms with Gasteiger partial charge < -0.3 is 4.90 Å². The summed E-state index contributed by atoms with van der Waals surface area (Å²) in [5.74, 6) is -0.0901. The molecule has 8 heteroatoms. The van der Waals surface area contributed by atoms with E-state index in [0.29, 0.717) is 4.88 Å². The van der Waals surface area contributed by atoms with Crippen LogP contribution in [0.25, 0.3) is 0 Å². The largest absolute Gasteiger partial charge is 0.334 e. The minimum absolute atomic E-state index is 0.0540. The van der Waals surface area contributed by atoms with Crippen molar-refractivity contribution in [1.82, 2.24) is 9.88 Å². The molecule has 130 valence electrons. The highest BCUT2D eigenvalue weighted by Gasteiger charge is 2.23. The summed E-state index contributed by atoms with van der Waals surface area (Å²) < 4.78 is 22.6. The van der Waals surface area contributed by atoms with Gasteiger partial charge in [-0.05, 0) is 38.0 Å². The fourth-order valence-corrected chi connectivity index (χ4v) is 3.80. The summed E-state index contributed by atoms with van der Waals surface area (Å²) in [4.78, 5) is 19.4. The molecule has 0 spiro atoms. The average molecular weight is 367 g/mol. The van der Waals surface area contributed by atoms with E-state index in [1.165, 1.54) is 23.5 Å². The van der Waals surface area contributed by atoms with E-state index in [0.717, 1.165) is 22.7 Å². The molecule has 0 fully saturated rings. The van der Waals surface area contributed by atoms with Crippen LogP contribution in [-0.4, -0.2) is 31.3 Å². The summed E-state index contributed by atoms with van der Waals surface area (Å²) in [5.41, 5.74) is 1.57. The number of hydrogen-bond acceptors (Lipinski definition) is 5. The third-order valence-electron chi connectivity index (χ3n) is 3.93. The van der Waals surface area contributed by atoms with Gasteiger partial charge in [-0.1, -0.05) is 19.1 Å². The number of carbonyl (C=O) groups is 1. The Hall–Kier alpha value is -1.77. The number of rotatable bonds is 5. The van der Waals surface area contributed by atoms with Crippen LogP contribution in [0.4, 0.5) is 0 Å². The van der Waals surface area contributed by atoms with Gasteiger partial charge in [0.25, 0.3) is 5.91 Å². The van der Waals surface area contributed by atoms with Crippen LogP contribution in [0.1, 0.15) is 45.8 Å². The molecule has 1 atom stereocenters. The fourth-order valence-electron chi connectivity index (χ4n) is 2.30. The summed E-state index contributed by atoms with van der Waals surface area (Å²) in [6.45, 7) is 5.73. The molecule has 1 amide bonds. The van der Waals surface area contributed by atoms with Gasteiger partial charge in [0.05, 0.1) is 21.6 Å². The van der Waals surface area contributed by atoms with Crippen molar-refractivity contribution in [2.24, 2.45) is 5.14 Å². The normalized spacial score (nSPS) is 12.9. The van der Waals surface area contributed by atoms with Crippen molar-refractivity contribution in [3.05, 3.63) is 45.4 Å². The predicted octanol–water partition coefficient (Wildman–Crippen LogP) is 2.49. The maximum absolute atomic E-state index is 12.7. The summed E-state index contributed by atoms with van der Waals surface area (Å²) >= 11 is 1.42. The van der Waals surface area contributed by atoms with Gasteiger partial charge in [0.1, 0.15) is 4.88 Å². The Bertz CT molecular complexity index is 842. The number of benzene rings is 1. The highest BCUT2D eigenvalue weighted by atomic mass is 32.2. The standard InChI is InChI=1S/C16H21N3O3S2/c1-5-14-18-10(2)15(23-14)16(20)19(4)11(3)12-6-8-13(9-7-12)24(17,21)22/h6-9,11H,5H2,1-4H3,(H2,17,21,22). The first-order valence-corrected chi connectivity index (χ1v) is 9.87. The van der Waals surface area contributed by atoms with E-state index >= 15 is 0 Å². The Balaban J connectivity index is 2.23. The first kappa shape index (κ1) is 18.6. The van der Waals surface area contributed by atoms with Crippen LogP contribution >= 0.6 is 11.3 Å². The lowest BCUT2D eigenvalue weighted by Crippen LogP contribution is -2.29. The first-order chi connectivity index (χ1) is 11.1. The van der Waals surface area contributed by atoms with E-state index in [9.17, 15) is 13.2 Å². The zero-order valence-electron chi connectivity index (χ0n) is 14.1. The zero-order valence-corrected chi connectivity index (χ0v) is 15.7. The average Bonchev–Trinajstić information content (AvgIpc) is 2.93. The topological polar surface area (TPSA) is 93.4 Å². The molecule has 2 N–H and O–H groups in total. The van der Waals surface area contributed by atoms with Gasteiger partial charge >= 0.3 is 0 Å². The van der Waals surface area contributed by atoms with Gasteiger partial charge in [-0.25, -0.2) is 18.5 Å². The van der Waals surface area contributed by atoms with Crippen LogP contribution in [0, 0.1) is 6.92 Å². The molecule has 1 aromatic heterocycles. The minimum Gasteiger partial charge on any atom is -0.334 e. The van der Waals surface area contributed by atoms with Crippen LogP contribution in [0.15, 0.2) is 29.2 Å². The molecule has 24 heavy (non-hydrogen) atoms. The van der Waals surface area contributed by atoms with E-state index < -0.39 is 10.0 Å². The molecule has 0 radical (unpaired) electrons. The number of hydrogen-bond donors (Lipinski definition) is 1. The molecule has 0 aliphatic heterocycles. The Morgan fingerprint density at radius 1 is 1.33 bits per heavy atom. The second-order valence-electron chi connectivity index (χ2n) is 5.58. The Kier molecular flexibility index (Phi) is 5.42. The van der Waals surface area contributed by atoms with Crippen LogP contribution < -0.4 is 5.14 Å². The van der Waals surface area contributed by atoms with E-state index in [4.69, 9.17) is 5.14 Å². The van der Waals surface area contributed by atoms with E-state index in [-0.39, 0.29) is 16.8 Å². The van der Waals surface area contributed by atoms with E-state index in [2.05, 4.69) is 4.98 Å². The number of nitrogens with two attached hydrogens (primary N) is 1. The number of carbonyl (C=O) groups excluding carboxylic acids is 1. The number of amides is 1. The number of aryl methyl sites for hydroxylation is 2. The Morgan fingerprint density at radius 3 is 2.38 bits per heavy atom. The first-order valence-electron chi connectivity index (χ1n) is 7.51. The van der Waals surface area contributed by atoms with E-state index in [1.807, 2.05) is 20.8 Å². The molecular formula is C16H21N3O3S2. The monoisotopic (exact) mass is 367 g/mol. The second-order valence-corrected chi connectivity index (χ2v) is 8.23. The second kappa shape index (κ2) is 7.00. The molecule has 2 aromatic rings. The Labute approximate surface area is 146 Å². The summed E-state index contributed by atoms with van der Waals surface area (Å²) in [5, 5.41) is 6.04. The highest BCUT2D eigenvalue weighted by molar-refractivity contribution is 7.89. The molecule has 0 aliphatic carbocycles. The molecule has 1 aromatic carbocycles. The highest BCUT2D eigenvalue weighted by Crippen LogP contribution is 2.26. The predicted molar refractivity (Wildman–Crippen MR) is 94.6 cm³/mol. The van der Waals surface area contributed by atoms with E-state index in [1.54, 1.807) is 24.1 Å². The molecule has 2 rings (SSSR count). The SMILES string of the molecule is CCc1nc(C)c(C(=O)N(C)C(C)c2ccc(S(N)(=O)=O)cc2)s1. The minimum atomic E-state index is -3.72. The molecule has 0 saturated heterocycles. The summed E-state index contributed by atoms with van der Waals surface area (Å²) in [6, 6.07) is 6.04. The maximum atomic E-state index is 12.7. The number of sulfonamides is 1. The van der Waals surface area contributed by atoms with Crippen molar-refractivity contribution in [3.8, 4) is 0 Å². The fraction of sp³-hybridized carbons (Fsp3) is 0.375. The third kappa shape index (κ3) is 3.82. The number of primary sulfonamides is 1. The van der Waals surface area contributed by atoms with Gasteiger partial charge in [-0.15, -0.1) is 11.3 Å². The molecule has 6 nitrogen and oxygen atoms in total. The van der Waals surface area contributed by atoms with Crippen molar-refractivity contribution in [2.45, 2.75) is 38.1 Å². The molecule has 1 unspecified atom stereocenters. The summed E-state index contributed by atoms with van der Waals surface area (Å²) in [6.07, 6.45) is 0.799.